The van der Waals surface area contributed by atoms with Crippen molar-refractivity contribution in [3.63, 3.8) is 0 Å². The fraction of sp³-hybridized carbons (Fsp3) is 0.333. The molecule has 2 aromatic carbocycles. The van der Waals surface area contributed by atoms with Crippen LogP contribution in [-0.4, -0.2) is 35.8 Å². The molecule has 0 radical (unpaired) electrons. The maximum Gasteiger partial charge on any atom is 0.145 e. The molecule has 1 aliphatic carbocycles. The van der Waals surface area contributed by atoms with Gasteiger partial charge in [0, 0.05) is 18.5 Å². The van der Waals surface area contributed by atoms with Gasteiger partial charge >= 0.3 is 0 Å². The molecule has 0 bridgehead atoms. The van der Waals surface area contributed by atoms with Gasteiger partial charge in [-0.05, 0) is 23.6 Å². The number of hydrogen-bond donors (Lipinski definition) is 1. The molecule has 0 spiro atoms. The molecular weight excluding hydrogens is 314 g/mol. The van der Waals surface area contributed by atoms with Gasteiger partial charge in [0.05, 0.1) is 19.7 Å². The summed E-state index contributed by atoms with van der Waals surface area (Å²) in [5, 5.41) is 9.52. The number of nitrogens with zero attached hydrogens (tertiary/aromatic N) is 1. The van der Waals surface area contributed by atoms with Crippen molar-refractivity contribution in [3.8, 4) is 5.75 Å². The van der Waals surface area contributed by atoms with Crippen molar-refractivity contribution in [1.29, 1.82) is 0 Å². The van der Waals surface area contributed by atoms with E-state index in [9.17, 15) is 5.11 Å². The van der Waals surface area contributed by atoms with E-state index in [1.807, 2.05) is 12.1 Å². The van der Waals surface area contributed by atoms with Gasteiger partial charge in [-0.3, -0.25) is 4.90 Å². The second kappa shape index (κ2) is 6.81. The SMILES string of the molecule is COc1cccc2c1C[C@H]1O/C(=C\O)CN(Cc3ccccc3)[C@@H]1C2. The Morgan fingerprint density at radius 1 is 1.16 bits per heavy atom. The molecule has 1 saturated heterocycles. The van der Waals surface area contributed by atoms with Gasteiger partial charge in [-0.25, -0.2) is 0 Å². The first-order valence-corrected chi connectivity index (χ1v) is 8.71. The van der Waals surface area contributed by atoms with Crippen LogP contribution in [-0.2, 0) is 24.1 Å². The zero-order valence-electron chi connectivity index (χ0n) is 14.4. The number of hydrogen-bond acceptors (Lipinski definition) is 4. The second-order valence-electron chi connectivity index (χ2n) is 6.72. The molecule has 0 saturated carbocycles. The molecule has 1 heterocycles. The van der Waals surface area contributed by atoms with Crippen LogP contribution in [0.15, 0.2) is 60.6 Å². The highest BCUT2D eigenvalue weighted by Gasteiger charge is 2.39. The minimum absolute atomic E-state index is 0.0275. The van der Waals surface area contributed by atoms with E-state index in [2.05, 4.69) is 41.3 Å². The summed E-state index contributed by atoms with van der Waals surface area (Å²) < 4.78 is 11.6. The van der Waals surface area contributed by atoms with E-state index in [1.165, 1.54) is 16.7 Å². The summed E-state index contributed by atoms with van der Waals surface area (Å²) in [5.74, 6) is 1.56. The molecule has 2 aliphatic rings. The van der Waals surface area contributed by atoms with Crippen molar-refractivity contribution >= 4 is 0 Å². The predicted octanol–water partition coefficient (Wildman–Crippen LogP) is 3.46. The molecule has 4 nitrogen and oxygen atoms in total. The molecule has 130 valence electrons. The smallest absolute Gasteiger partial charge is 0.145 e. The lowest BCUT2D eigenvalue weighted by Crippen LogP contribution is -2.53. The minimum Gasteiger partial charge on any atom is -0.512 e. The highest BCUT2D eigenvalue weighted by Crippen LogP contribution is 2.36. The zero-order chi connectivity index (χ0) is 17.2. The Bertz CT molecular complexity index is 772. The summed E-state index contributed by atoms with van der Waals surface area (Å²) in [6, 6.07) is 17.0. The number of methoxy groups -OCH3 is 1. The highest BCUT2D eigenvalue weighted by molar-refractivity contribution is 5.43. The van der Waals surface area contributed by atoms with E-state index >= 15 is 0 Å². The lowest BCUT2D eigenvalue weighted by Gasteiger charge is -2.45. The maximum atomic E-state index is 9.52. The van der Waals surface area contributed by atoms with E-state index in [0.29, 0.717) is 18.3 Å². The molecule has 1 fully saturated rings. The quantitative estimate of drug-likeness (QED) is 0.871. The third-order valence-electron chi connectivity index (χ3n) is 5.22. The van der Waals surface area contributed by atoms with Gasteiger partial charge in [-0.2, -0.15) is 0 Å². The van der Waals surface area contributed by atoms with Gasteiger partial charge < -0.3 is 14.6 Å². The molecule has 1 aliphatic heterocycles. The Balaban J connectivity index is 1.65. The van der Waals surface area contributed by atoms with Crippen molar-refractivity contribution in [2.45, 2.75) is 31.5 Å². The molecule has 4 rings (SSSR count). The van der Waals surface area contributed by atoms with E-state index < -0.39 is 0 Å². The number of benzene rings is 2. The highest BCUT2D eigenvalue weighted by atomic mass is 16.5. The summed E-state index contributed by atoms with van der Waals surface area (Å²) in [6.07, 6.45) is 2.86. The molecule has 1 N–H and O–H groups in total. The van der Waals surface area contributed by atoms with Crippen LogP contribution >= 0.6 is 0 Å². The Kier molecular flexibility index (Phi) is 4.36. The van der Waals surface area contributed by atoms with Crippen LogP contribution in [0.25, 0.3) is 0 Å². The minimum atomic E-state index is 0.0275. The van der Waals surface area contributed by atoms with E-state index in [1.54, 1.807) is 7.11 Å². The summed E-state index contributed by atoms with van der Waals surface area (Å²) in [5.41, 5.74) is 3.83. The monoisotopic (exact) mass is 337 g/mol. The average Bonchev–Trinajstić information content (AvgIpc) is 2.66. The summed E-state index contributed by atoms with van der Waals surface area (Å²) in [4.78, 5) is 2.41. The fourth-order valence-corrected chi connectivity index (χ4v) is 4.02. The van der Waals surface area contributed by atoms with Gasteiger partial charge in [-0.15, -0.1) is 0 Å². The molecule has 25 heavy (non-hydrogen) atoms. The van der Waals surface area contributed by atoms with Crippen LogP contribution in [0.4, 0.5) is 0 Å². The van der Waals surface area contributed by atoms with Crippen molar-refractivity contribution in [3.05, 3.63) is 77.2 Å². The third kappa shape index (κ3) is 3.10. The molecule has 2 atom stereocenters. The van der Waals surface area contributed by atoms with Crippen molar-refractivity contribution in [2.75, 3.05) is 13.7 Å². The zero-order valence-corrected chi connectivity index (χ0v) is 14.4. The van der Waals surface area contributed by atoms with E-state index in [-0.39, 0.29) is 6.10 Å². The largest absolute Gasteiger partial charge is 0.512 e. The summed E-state index contributed by atoms with van der Waals surface area (Å²) in [6.45, 7) is 1.48. The summed E-state index contributed by atoms with van der Waals surface area (Å²) >= 11 is 0. The molecule has 4 heteroatoms. The van der Waals surface area contributed by atoms with E-state index in [0.717, 1.165) is 31.4 Å². The Morgan fingerprint density at radius 2 is 2.00 bits per heavy atom. The molecule has 2 aromatic rings. The van der Waals surface area contributed by atoms with Crippen LogP contribution < -0.4 is 4.74 Å². The fourth-order valence-electron chi connectivity index (χ4n) is 4.02. The maximum absolute atomic E-state index is 9.52. The van der Waals surface area contributed by atoms with Crippen molar-refractivity contribution in [1.82, 2.24) is 4.90 Å². The average molecular weight is 337 g/mol. The van der Waals surface area contributed by atoms with Crippen LogP contribution in [0.2, 0.25) is 0 Å². The Labute approximate surface area is 148 Å². The first-order chi connectivity index (χ1) is 12.3. The molecular formula is C21H23NO3. The van der Waals surface area contributed by atoms with Crippen LogP contribution in [0, 0.1) is 0 Å². The topological polar surface area (TPSA) is 41.9 Å². The standard InChI is InChI=1S/C21H23NO3/c1-24-20-9-5-8-16-10-19-21(11-18(16)20)25-17(14-23)13-22(19)12-15-6-3-2-4-7-15/h2-9,14,19,21,23H,10-13H2,1H3/b17-14-/t19-,21-/m1/s1. The van der Waals surface area contributed by atoms with E-state index in [4.69, 9.17) is 9.47 Å². The number of aliphatic hydroxyl groups excluding tert-OH is 1. The first-order valence-electron chi connectivity index (χ1n) is 8.71. The van der Waals surface area contributed by atoms with Crippen LogP contribution in [0.5, 0.6) is 5.75 Å². The first kappa shape index (κ1) is 16.0. The lowest BCUT2D eigenvalue weighted by atomic mass is 9.83. The number of morpholine rings is 1. The second-order valence-corrected chi connectivity index (χ2v) is 6.72. The van der Waals surface area contributed by atoms with Gasteiger partial charge in [0.25, 0.3) is 0 Å². The number of rotatable bonds is 3. The lowest BCUT2D eigenvalue weighted by molar-refractivity contribution is -0.0388. The van der Waals surface area contributed by atoms with Crippen LogP contribution in [0.1, 0.15) is 16.7 Å². The number of fused-ring (bicyclic) bond motifs is 2. The van der Waals surface area contributed by atoms with Crippen molar-refractivity contribution < 1.29 is 14.6 Å². The Morgan fingerprint density at radius 3 is 2.76 bits per heavy atom. The van der Waals surface area contributed by atoms with Gasteiger partial charge in [-0.1, -0.05) is 42.5 Å². The van der Waals surface area contributed by atoms with Crippen LogP contribution in [0.3, 0.4) is 0 Å². The number of aliphatic hydroxyl groups is 1. The normalized spacial score (nSPS) is 24.3. The van der Waals surface area contributed by atoms with Crippen molar-refractivity contribution in [2.24, 2.45) is 0 Å². The molecule has 0 unspecified atom stereocenters. The molecule has 0 aromatic heterocycles. The van der Waals surface area contributed by atoms with Gasteiger partial charge in [0.2, 0.25) is 0 Å². The Hall–Kier alpha value is -2.46. The number of ether oxygens (including phenoxy) is 2. The van der Waals surface area contributed by atoms with Gasteiger partial charge in [0.15, 0.2) is 0 Å². The third-order valence-corrected chi connectivity index (χ3v) is 5.22. The predicted molar refractivity (Wildman–Crippen MR) is 96.6 cm³/mol. The molecule has 0 amide bonds. The van der Waals surface area contributed by atoms with Gasteiger partial charge in [0.1, 0.15) is 23.9 Å². The summed E-state index contributed by atoms with van der Waals surface area (Å²) in [7, 11) is 1.71.